The SMILES string of the molecule is CC(C)(C)c1cc(-c2cc(C(C)(C)C)cc(-c3ccc(-c4ccccc4)cc3)c2N2CN(c3cccc(Oc4cc5c6c7c(cccc7n(-c7cc(C(C)(C)C)ccn7)c6c4)C54c5ccccc5-c5ccccc54)c3)c3ccccc32)cc(C(C)(C)C)c1. The second kappa shape index (κ2) is 19.8. The van der Waals surface area contributed by atoms with Crippen LogP contribution in [0.3, 0.4) is 0 Å². The van der Waals surface area contributed by atoms with Gasteiger partial charge < -0.3 is 14.5 Å². The van der Waals surface area contributed by atoms with E-state index in [1.807, 2.05) is 6.20 Å². The average Bonchev–Trinajstić information content (AvgIpc) is 1.49. The van der Waals surface area contributed by atoms with Crippen molar-refractivity contribution in [2.45, 2.75) is 110 Å². The summed E-state index contributed by atoms with van der Waals surface area (Å²) in [5, 5.41) is 2.52. The Morgan fingerprint density at radius 3 is 1.55 bits per heavy atom. The minimum Gasteiger partial charge on any atom is -0.457 e. The molecule has 0 atom stereocenters. The summed E-state index contributed by atoms with van der Waals surface area (Å²) in [6.07, 6.45) is 1.97. The van der Waals surface area contributed by atoms with Gasteiger partial charge in [-0.3, -0.25) is 4.57 Å². The van der Waals surface area contributed by atoms with Crippen LogP contribution in [0.4, 0.5) is 22.7 Å². The van der Waals surface area contributed by atoms with Crippen molar-refractivity contribution in [2.24, 2.45) is 0 Å². The Balaban J connectivity index is 0.895. The number of pyridine rings is 1. The normalized spacial score (nSPS) is 14.1. The number of hydrogen-bond acceptors (Lipinski definition) is 4. The van der Waals surface area contributed by atoms with Gasteiger partial charge in [0.2, 0.25) is 0 Å². The Labute approximate surface area is 519 Å². The van der Waals surface area contributed by atoms with Crippen molar-refractivity contribution in [3.8, 4) is 61.8 Å². The van der Waals surface area contributed by atoms with Crippen LogP contribution in [0, 0.1) is 0 Å². The molecule has 5 heteroatoms. The molecule has 15 rings (SSSR count). The molecular formula is C83H76N4O. The van der Waals surface area contributed by atoms with Crippen LogP contribution in [0.25, 0.3) is 72.1 Å². The first-order valence-corrected chi connectivity index (χ1v) is 31.4. The maximum absolute atomic E-state index is 7.40. The summed E-state index contributed by atoms with van der Waals surface area (Å²) < 4.78 is 9.78. The topological polar surface area (TPSA) is 33.5 Å². The van der Waals surface area contributed by atoms with Gasteiger partial charge in [-0.05, 0) is 160 Å². The molecule has 5 nitrogen and oxygen atoms in total. The molecule has 0 unspecified atom stereocenters. The van der Waals surface area contributed by atoms with Crippen molar-refractivity contribution in [1.29, 1.82) is 0 Å². The molecule has 3 heterocycles. The highest BCUT2D eigenvalue weighted by Gasteiger charge is 2.52. The zero-order chi connectivity index (χ0) is 60.8. The minimum absolute atomic E-state index is 0.0674. The summed E-state index contributed by atoms with van der Waals surface area (Å²) in [6, 6.07) is 84.0. The van der Waals surface area contributed by atoms with Gasteiger partial charge in [-0.25, -0.2) is 4.98 Å². The predicted molar refractivity (Wildman–Crippen MR) is 369 cm³/mol. The van der Waals surface area contributed by atoms with Gasteiger partial charge in [0.15, 0.2) is 0 Å². The van der Waals surface area contributed by atoms with Gasteiger partial charge in [0.05, 0.1) is 33.5 Å². The highest BCUT2D eigenvalue weighted by molar-refractivity contribution is 6.19. The van der Waals surface area contributed by atoms with E-state index in [2.05, 4.69) is 322 Å². The highest BCUT2D eigenvalue weighted by atomic mass is 16.5. The summed E-state index contributed by atoms with van der Waals surface area (Å²) in [5.74, 6) is 2.43. The Hall–Kier alpha value is -9.45. The third-order valence-electron chi connectivity index (χ3n) is 19.1. The fourth-order valence-electron chi connectivity index (χ4n) is 14.4. The quantitative estimate of drug-likeness (QED) is 0.152. The van der Waals surface area contributed by atoms with E-state index < -0.39 is 5.41 Å². The first kappa shape index (κ1) is 55.2. The Morgan fingerprint density at radius 1 is 0.364 bits per heavy atom. The van der Waals surface area contributed by atoms with Crippen LogP contribution in [-0.4, -0.2) is 16.2 Å². The standard InChI is InChI=1S/C83H76N4O/c1-79(2,3)56-40-41-84-75(47-56)87-73-35-23-32-69-76(73)77-70(83(69)67-30-18-16-28-63(67)64-29-17-19-31-68(64)83)49-62(50-74(77)87)88-61-27-22-26-60(48-61)85-51-86(72-34-21-20-33-71(72)85)78-65(54-38-36-53(37-39-54)52-24-14-13-15-25-52)45-59(82(10,11)12)46-66(78)55-42-57(80(4,5)6)44-58(43-55)81(7,8)9/h13-50H,51H2,1-12H3. The summed E-state index contributed by atoms with van der Waals surface area (Å²) in [6.45, 7) is 28.5. The molecule has 434 valence electrons. The number of rotatable bonds is 8. The lowest BCUT2D eigenvalue weighted by Gasteiger charge is -2.32. The molecule has 10 aromatic carbocycles. The highest BCUT2D eigenvalue weighted by Crippen LogP contribution is 2.64. The van der Waals surface area contributed by atoms with E-state index in [1.54, 1.807) is 0 Å². The number of hydrogen-bond donors (Lipinski definition) is 0. The summed E-state index contributed by atoms with van der Waals surface area (Å²) in [5.41, 5.74) is 25.9. The maximum Gasteiger partial charge on any atom is 0.137 e. The van der Waals surface area contributed by atoms with Crippen molar-refractivity contribution in [1.82, 2.24) is 9.55 Å². The number of aromatic nitrogens is 2. The molecule has 2 aromatic heterocycles. The summed E-state index contributed by atoms with van der Waals surface area (Å²) >= 11 is 0. The number of anilines is 4. The third kappa shape index (κ3) is 8.74. The van der Waals surface area contributed by atoms with Crippen LogP contribution in [0.2, 0.25) is 0 Å². The van der Waals surface area contributed by atoms with Gasteiger partial charge >= 0.3 is 0 Å². The number of benzene rings is 10. The van der Waals surface area contributed by atoms with Gasteiger partial charge in [-0.15, -0.1) is 0 Å². The first-order chi connectivity index (χ1) is 42.1. The minimum atomic E-state index is -0.547. The number of para-hydroxylation sites is 2. The van der Waals surface area contributed by atoms with Crippen LogP contribution >= 0.6 is 0 Å². The van der Waals surface area contributed by atoms with E-state index >= 15 is 0 Å². The smallest absolute Gasteiger partial charge is 0.137 e. The van der Waals surface area contributed by atoms with Crippen LogP contribution < -0.4 is 14.5 Å². The molecule has 1 spiro atoms. The van der Waals surface area contributed by atoms with Crippen LogP contribution in [0.1, 0.15) is 128 Å². The van der Waals surface area contributed by atoms with Gasteiger partial charge in [0, 0.05) is 45.9 Å². The fraction of sp³-hybridized carbons (Fsp3) is 0.217. The Kier molecular flexibility index (Phi) is 12.4. The van der Waals surface area contributed by atoms with E-state index in [0.717, 1.165) is 45.4 Å². The summed E-state index contributed by atoms with van der Waals surface area (Å²) in [4.78, 5) is 10.2. The van der Waals surface area contributed by atoms with E-state index in [0.29, 0.717) is 6.67 Å². The zero-order valence-electron chi connectivity index (χ0n) is 52.8. The molecule has 0 fully saturated rings. The Morgan fingerprint density at radius 2 is 0.898 bits per heavy atom. The molecule has 2 aliphatic carbocycles. The second-order valence-corrected chi connectivity index (χ2v) is 28.9. The number of ether oxygens (including phenoxy) is 1. The van der Waals surface area contributed by atoms with E-state index in [1.165, 1.54) is 105 Å². The number of nitrogens with zero attached hydrogens (tertiary/aromatic N) is 4. The van der Waals surface area contributed by atoms with E-state index in [-0.39, 0.29) is 21.7 Å². The molecule has 3 aliphatic rings. The lowest BCUT2D eigenvalue weighted by Crippen LogP contribution is -2.26. The molecule has 0 saturated heterocycles. The number of fused-ring (bicyclic) bond motifs is 8. The third-order valence-corrected chi connectivity index (χ3v) is 19.1. The van der Waals surface area contributed by atoms with Crippen molar-refractivity contribution in [3.05, 3.63) is 275 Å². The van der Waals surface area contributed by atoms with Crippen molar-refractivity contribution < 1.29 is 4.74 Å². The van der Waals surface area contributed by atoms with Crippen LogP contribution in [0.15, 0.2) is 231 Å². The van der Waals surface area contributed by atoms with Gasteiger partial charge in [0.25, 0.3) is 0 Å². The Bertz CT molecular complexity index is 4710. The van der Waals surface area contributed by atoms with Gasteiger partial charge in [-0.2, -0.15) is 0 Å². The van der Waals surface area contributed by atoms with E-state index in [9.17, 15) is 0 Å². The lowest BCUT2D eigenvalue weighted by atomic mass is 9.70. The van der Waals surface area contributed by atoms with E-state index in [4.69, 9.17) is 9.72 Å². The zero-order valence-corrected chi connectivity index (χ0v) is 52.8. The molecule has 0 amide bonds. The lowest BCUT2D eigenvalue weighted by molar-refractivity contribution is 0.482. The molecule has 88 heavy (non-hydrogen) atoms. The molecule has 12 aromatic rings. The average molecular weight is 1150 g/mol. The molecular weight excluding hydrogens is 1070 g/mol. The maximum atomic E-state index is 7.40. The van der Waals surface area contributed by atoms with Gasteiger partial charge in [-0.1, -0.05) is 235 Å². The van der Waals surface area contributed by atoms with Gasteiger partial charge in [0.1, 0.15) is 24.0 Å². The predicted octanol–water partition coefficient (Wildman–Crippen LogP) is 22.1. The first-order valence-electron chi connectivity index (χ1n) is 31.4. The van der Waals surface area contributed by atoms with Crippen molar-refractivity contribution in [3.63, 3.8) is 0 Å². The van der Waals surface area contributed by atoms with Crippen molar-refractivity contribution in [2.75, 3.05) is 16.5 Å². The molecule has 0 bridgehead atoms. The molecule has 0 N–H and O–H groups in total. The van der Waals surface area contributed by atoms with Crippen LogP contribution in [0.5, 0.6) is 11.5 Å². The largest absolute Gasteiger partial charge is 0.457 e. The molecule has 0 saturated carbocycles. The fourth-order valence-corrected chi connectivity index (χ4v) is 14.4. The summed E-state index contributed by atoms with van der Waals surface area (Å²) in [7, 11) is 0. The molecule has 0 radical (unpaired) electrons. The van der Waals surface area contributed by atoms with Crippen LogP contribution in [-0.2, 0) is 27.1 Å². The monoisotopic (exact) mass is 1140 g/mol. The molecule has 1 aliphatic heterocycles. The van der Waals surface area contributed by atoms with Crippen molar-refractivity contribution >= 4 is 44.6 Å². The second-order valence-electron chi connectivity index (χ2n) is 28.9.